The van der Waals surface area contributed by atoms with E-state index in [9.17, 15) is 0 Å². The summed E-state index contributed by atoms with van der Waals surface area (Å²) in [7, 11) is 9.09. The van der Waals surface area contributed by atoms with E-state index in [-0.39, 0.29) is 0 Å². The fraction of sp³-hybridized carbons (Fsp3) is 0.333. The zero-order chi connectivity index (χ0) is 9.14. The molecule has 0 atom stereocenters. The topological polar surface area (TPSA) is 12.5 Å². The largest absolute Gasteiger partial charge is 0.495 e. The second kappa shape index (κ2) is 3.63. The Hall–Kier alpha value is -0.963. The quantitative estimate of drug-likeness (QED) is 0.613. The first-order valence-corrected chi connectivity index (χ1v) is 4.22. The van der Waals surface area contributed by atoms with Crippen molar-refractivity contribution in [3.63, 3.8) is 0 Å². The lowest BCUT2D eigenvalue weighted by atomic mass is 10.3. The van der Waals surface area contributed by atoms with Crippen LogP contribution in [0.5, 0.6) is 5.75 Å². The number of nitrogens with zero attached hydrogens (tertiary/aromatic N) is 1. The highest BCUT2D eigenvalue weighted by Gasteiger charge is 2.03. The van der Waals surface area contributed by atoms with Gasteiger partial charge in [-0.05, 0) is 12.1 Å². The second-order valence-corrected chi connectivity index (χ2v) is 3.36. The molecular formula is C9H12NOSi. The summed E-state index contributed by atoms with van der Waals surface area (Å²) in [6.07, 6.45) is 0. The minimum Gasteiger partial charge on any atom is -0.495 e. The third kappa shape index (κ3) is 1.79. The fourth-order valence-electron chi connectivity index (χ4n) is 1.05. The normalized spacial score (nSPS) is 9.67. The zero-order valence-corrected chi connectivity index (χ0v) is 8.59. The summed E-state index contributed by atoms with van der Waals surface area (Å²) < 4.78 is 5.21. The Morgan fingerprint density at radius 3 is 2.50 bits per heavy atom. The van der Waals surface area contributed by atoms with E-state index in [4.69, 9.17) is 4.74 Å². The maximum absolute atomic E-state index is 5.21. The van der Waals surface area contributed by atoms with Crippen LogP contribution in [0.25, 0.3) is 0 Å². The van der Waals surface area contributed by atoms with Crippen LogP contribution in [0, 0.1) is 0 Å². The van der Waals surface area contributed by atoms with Crippen molar-refractivity contribution in [2.24, 2.45) is 0 Å². The molecule has 3 heteroatoms. The summed E-state index contributed by atoms with van der Waals surface area (Å²) in [5, 5.41) is 1.03. The van der Waals surface area contributed by atoms with Crippen LogP contribution >= 0.6 is 0 Å². The van der Waals surface area contributed by atoms with Crippen LogP contribution < -0.4 is 14.8 Å². The Balaban J connectivity index is 3.11. The maximum atomic E-state index is 5.21. The lowest BCUT2D eigenvalue weighted by molar-refractivity contribution is 0.416. The average molecular weight is 178 g/mol. The molecule has 0 aromatic heterocycles. The van der Waals surface area contributed by atoms with Crippen LogP contribution in [-0.4, -0.2) is 31.4 Å². The first-order chi connectivity index (χ1) is 5.65. The summed E-state index contributed by atoms with van der Waals surface area (Å²) in [6, 6.07) is 5.96. The highest BCUT2D eigenvalue weighted by Crippen LogP contribution is 2.24. The van der Waals surface area contributed by atoms with Gasteiger partial charge >= 0.3 is 0 Å². The minimum absolute atomic E-state index is 0.882. The summed E-state index contributed by atoms with van der Waals surface area (Å²) in [5.41, 5.74) is 1.08. The minimum atomic E-state index is 0.882. The van der Waals surface area contributed by atoms with Gasteiger partial charge < -0.3 is 9.64 Å². The molecule has 0 unspecified atom stereocenters. The molecule has 1 aromatic carbocycles. The van der Waals surface area contributed by atoms with E-state index in [0.717, 1.165) is 16.6 Å². The molecule has 0 heterocycles. The predicted octanol–water partition coefficient (Wildman–Crippen LogP) is 0.555. The van der Waals surface area contributed by atoms with Crippen LogP contribution in [-0.2, 0) is 0 Å². The Labute approximate surface area is 76.6 Å². The highest BCUT2D eigenvalue weighted by atomic mass is 28.1. The van der Waals surface area contributed by atoms with Crippen molar-refractivity contribution in [2.75, 3.05) is 26.1 Å². The number of rotatable bonds is 2. The number of benzene rings is 1. The average Bonchev–Trinajstić information content (AvgIpc) is 2.03. The maximum Gasteiger partial charge on any atom is 0.141 e. The van der Waals surface area contributed by atoms with Gasteiger partial charge in [-0.1, -0.05) is 11.3 Å². The zero-order valence-electron chi connectivity index (χ0n) is 7.59. The molecule has 0 saturated carbocycles. The summed E-state index contributed by atoms with van der Waals surface area (Å²) >= 11 is 0. The van der Waals surface area contributed by atoms with Gasteiger partial charge in [0.15, 0.2) is 0 Å². The Morgan fingerprint density at radius 1 is 1.33 bits per heavy atom. The molecule has 0 aliphatic rings. The molecule has 0 fully saturated rings. The molecule has 0 aliphatic heterocycles. The molecule has 12 heavy (non-hydrogen) atoms. The van der Waals surface area contributed by atoms with Crippen molar-refractivity contribution >= 4 is 21.1 Å². The second-order valence-electron chi connectivity index (χ2n) is 2.78. The van der Waals surface area contributed by atoms with Crippen LogP contribution in [0.2, 0.25) is 0 Å². The number of anilines is 1. The van der Waals surface area contributed by atoms with Crippen molar-refractivity contribution in [3.8, 4) is 5.75 Å². The van der Waals surface area contributed by atoms with Gasteiger partial charge in [0.25, 0.3) is 0 Å². The van der Waals surface area contributed by atoms with E-state index in [2.05, 4.69) is 10.2 Å². The van der Waals surface area contributed by atoms with E-state index in [1.54, 1.807) is 7.11 Å². The molecular weight excluding hydrogens is 166 g/mol. The lowest BCUT2D eigenvalue weighted by Crippen LogP contribution is -2.12. The van der Waals surface area contributed by atoms with Crippen molar-refractivity contribution in [1.29, 1.82) is 0 Å². The van der Waals surface area contributed by atoms with Crippen LogP contribution in [0.4, 0.5) is 5.69 Å². The standard InChI is InChI=1S/C9H12NOSi/c1-10(2)8-5-4-7(12)6-9(8)11-3/h4-6H,1-3H3. The lowest BCUT2D eigenvalue weighted by Gasteiger charge is -2.16. The molecule has 0 aliphatic carbocycles. The van der Waals surface area contributed by atoms with Crippen LogP contribution in [0.15, 0.2) is 18.2 Å². The Bertz CT molecular complexity index is 273. The van der Waals surface area contributed by atoms with Gasteiger partial charge in [-0.2, -0.15) is 0 Å². The van der Waals surface area contributed by atoms with Crippen molar-refractivity contribution in [3.05, 3.63) is 18.2 Å². The smallest absolute Gasteiger partial charge is 0.141 e. The van der Waals surface area contributed by atoms with Crippen molar-refractivity contribution < 1.29 is 4.74 Å². The van der Waals surface area contributed by atoms with E-state index in [1.165, 1.54) is 0 Å². The van der Waals surface area contributed by atoms with Crippen LogP contribution in [0.1, 0.15) is 0 Å². The number of methoxy groups -OCH3 is 1. The molecule has 63 valence electrons. The van der Waals surface area contributed by atoms with Crippen molar-refractivity contribution in [1.82, 2.24) is 0 Å². The molecule has 0 bridgehead atoms. The van der Waals surface area contributed by atoms with Gasteiger partial charge in [0.2, 0.25) is 0 Å². The van der Waals surface area contributed by atoms with Crippen LogP contribution in [0.3, 0.4) is 0 Å². The Morgan fingerprint density at radius 2 is 2.00 bits per heavy atom. The van der Waals surface area contributed by atoms with Crippen molar-refractivity contribution in [2.45, 2.75) is 0 Å². The van der Waals surface area contributed by atoms with E-state index in [1.807, 2.05) is 37.2 Å². The first-order valence-electron chi connectivity index (χ1n) is 3.72. The molecule has 3 radical (unpaired) electrons. The van der Waals surface area contributed by atoms with Gasteiger partial charge in [-0.25, -0.2) is 0 Å². The molecule has 2 nitrogen and oxygen atoms in total. The van der Waals surface area contributed by atoms with Gasteiger partial charge in [-0.3, -0.25) is 0 Å². The fourth-order valence-corrected chi connectivity index (χ4v) is 1.26. The molecule has 0 amide bonds. The molecule has 0 N–H and O–H groups in total. The summed E-state index contributed by atoms with van der Waals surface area (Å²) in [6.45, 7) is 0. The SMILES string of the molecule is COc1cc([Si])ccc1N(C)C. The summed E-state index contributed by atoms with van der Waals surface area (Å²) in [4.78, 5) is 2.02. The predicted molar refractivity (Wildman–Crippen MR) is 52.7 cm³/mol. The van der Waals surface area contributed by atoms with Gasteiger partial charge in [0.05, 0.1) is 23.0 Å². The molecule has 0 spiro atoms. The third-order valence-corrected chi connectivity index (χ3v) is 1.97. The first kappa shape index (κ1) is 9.13. The molecule has 1 aromatic rings. The number of hydrogen-bond donors (Lipinski definition) is 0. The third-order valence-electron chi connectivity index (χ3n) is 1.66. The monoisotopic (exact) mass is 178 g/mol. The van der Waals surface area contributed by atoms with E-state index < -0.39 is 0 Å². The number of ether oxygens (including phenoxy) is 1. The number of hydrogen-bond acceptors (Lipinski definition) is 2. The summed E-state index contributed by atoms with van der Waals surface area (Å²) in [5.74, 6) is 0.882. The van der Waals surface area contributed by atoms with Gasteiger partial charge in [0.1, 0.15) is 5.75 Å². The van der Waals surface area contributed by atoms with Gasteiger partial charge in [-0.15, -0.1) is 0 Å². The van der Waals surface area contributed by atoms with E-state index >= 15 is 0 Å². The van der Waals surface area contributed by atoms with E-state index in [0.29, 0.717) is 0 Å². The molecule has 1 rings (SSSR count). The molecule has 0 saturated heterocycles. The van der Waals surface area contributed by atoms with Gasteiger partial charge in [0, 0.05) is 14.1 Å². The Kier molecular flexibility index (Phi) is 2.76. The highest BCUT2D eigenvalue weighted by molar-refractivity contribution is 6.32.